The molecule has 0 saturated carbocycles. The number of benzene rings is 2. The van der Waals surface area contributed by atoms with Crippen molar-refractivity contribution in [2.24, 2.45) is 0 Å². The van der Waals surface area contributed by atoms with E-state index in [0.717, 1.165) is 5.56 Å². The van der Waals surface area contributed by atoms with Crippen molar-refractivity contribution in [2.45, 2.75) is 18.9 Å². The van der Waals surface area contributed by atoms with Crippen molar-refractivity contribution >= 4 is 23.2 Å². The Bertz CT molecular complexity index is 747. The molecule has 5 nitrogen and oxygen atoms in total. The summed E-state index contributed by atoms with van der Waals surface area (Å²) in [5.41, 5.74) is 1.48. The third kappa shape index (κ3) is 3.35. The summed E-state index contributed by atoms with van der Waals surface area (Å²) in [6.45, 7) is 0. The van der Waals surface area contributed by atoms with Crippen LogP contribution in [0.15, 0.2) is 36.4 Å². The predicted molar refractivity (Wildman–Crippen MR) is 87.5 cm³/mol. The molecule has 1 aliphatic rings. The van der Waals surface area contributed by atoms with Crippen molar-refractivity contribution in [1.82, 2.24) is 0 Å². The van der Waals surface area contributed by atoms with Gasteiger partial charge in [0, 0.05) is 16.8 Å². The lowest BCUT2D eigenvalue weighted by atomic mass is 10.0. The minimum absolute atomic E-state index is 0.0664. The molecule has 1 unspecified atom stereocenters. The third-order valence-corrected chi connectivity index (χ3v) is 3.93. The fourth-order valence-electron chi connectivity index (χ4n) is 2.53. The summed E-state index contributed by atoms with van der Waals surface area (Å²) in [5.74, 6) is 0.707. The molecular formula is C17H16ClNO4. The zero-order valence-corrected chi connectivity index (χ0v) is 13.3. The van der Waals surface area contributed by atoms with Gasteiger partial charge in [0.25, 0.3) is 5.91 Å². The van der Waals surface area contributed by atoms with Gasteiger partial charge in [-0.2, -0.15) is 0 Å². The van der Waals surface area contributed by atoms with Crippen LogP contribution >= 0.6 is 11.6 Å². The average Bonchev–Trinajstić information content (AvgIpc) is 2.53. The van der Waals surface area contributed by atoms with Crippen molar-refractivity contribution in [2.75, 3.05) is 12.4 Å². The molecule has 2 aromatic carbocycles. The summed E-state index contributed by atoms with van der Waals surface area (Å²) in [4.78, 5) is 12.4. The van der Waals surface area contributed by atoms with Gasteiger partial charge in [-0.05, 0) is 42.7 Å². The molecule has 0 saturated heterocycles. The number of phenols is 1. The van der Waals surface area contributed by atoms with Crippen LogP contribution < -0.4 is 14.8 Å². The highest BCUT2D eigenvalue weighted by Crippen LogP contribution is 2.37. The van der Waals surface area contributed by atoms with Gasteiger partial charge in [-0.25, -0.2) is 0 Å². The number of hydrogen-bond donors (Lipinski definition) is 2. The number of hydrogen-bond acceptors (Lipinski definition) is 4. The first kappa shape index (κ1) is 15.5. The van der Waals surface area contributed by atoms with E-state index in [2.05, 4.69) is 5.32 Å². The van der Waals surface area contributed by atoms with E-state index >= 15 is 0 Å². The van der Waals surface area contributed by atoms with Gasteiger partial charge in [-0.3, -0.25) is 4.79 Å². The molecule has 1 aliphatic heterocycles. The molecule has 0 spiro atoms. The number of carbonyl (C=O) groups excluding carboxylic acids is 1. The van der Waals surface area contributed by atoms with E-state index in [9.17, 15) is 9.90 Å². The van der Waals surface area contributed by atoms with E-state index in [1.165, 1.54) is 7.11 Å². The van der Waals surface area contributed by atoms with Crippen LogP contribution in [0.3, 0.4) is 0 Å². The number of ether oxygens (including phenoxy) is 2. The highest BCUT2D eigenvalue weighted by molar-refractivity contribution is 6.30. The third-order valence-electron chi connectivity index (χ3n) is 3.69. The second-order valence-electron chi connectivity index (χ2n) is 5.28. The van der Waals surface area contributed by atoms with Crippen molar-refractivity contribution in [3.05, 3.63) is 47.0 Å². The van der Waals surface area contributed by atoms with Gasteiger partial charge in [-0.15, -0.1) is 0 Å². The van der Waals surface area contributed by atoms with E-state index in [0.29, 0.717) is 35.1 Å². The van der Waals surface area contributed by atoms with Gasteiger partial charge < -0.3 is 19.9 Å². The molecular weight excluding hydrogens is 318 g/mol. The topological polar surface area (TPSA) is 67.8 Å². The highest BCUT2D eigenvalue weighted by Gasteiger charge is 2.27. The fourth-order valence-corrected chi connectivity index (χ4v) is 2.72. The lowest BCUT2D eigenvalue weighted by molar-refractivity contribution is -0.123. The first-order chi connectivity index (χ1) is 11.1. The first-order valence-corrected chi connectivity index (χ1v) is 7.57. The number of halogens is 1. The summed E-state index contributed by atoms with van der Waals surface area (Å²) in [6.07, 6.45) is 0.571. The van der Waals surface area contributed by atoms with Crippen LogP contribution in [-0.2, 0) is 11.2 Å². The van der Waals surface area contributed by atoms with Crippen molar-refractivity contribution in [3.63, 3.8) is 0 Å². The van der Waals surface area contributed by atoms with E-state index < -0.39 is 6.10 Å². The minimum atomic E-state index is -0.601. The molecule has 2 N–H and O–H groups in total. The van der Waals surface area contributed by atoms with Crippen molar-refractivity contribution in [1.29, 1.82) is 0 Å². The standard InChI is InChI=1S/C17H16ClNO4/c1-22-16-9-15-10(7-13(16)20)5-6-14(23-15)17(21)19-12-4-2-3-11(18)8-12/h2-4,7-9,14,20H,5-6H2,1H3,(H,19,21). The molecule has 0 radical (unpaired) electrons. The number of aromatic hydroxyl groups is 1. The molecule has 1 amide bonds. The molecule has 1 atom stereocenters. The summed E-state index contributed by atoms with van der Waals surface area (Å²) in [6, 6.07) is 10.2. The first-order valence-electron chi connectivity index (χ1n) is 7.20. The molecule has 0 aromatic heterocycles. The Hall–Kier alpha value is -2.40. The second-order valence-corrected chi connectivity index (χ2v) is 5.71. The van der Waals surface area contributed by atoms with Crippen molar-refractivity contribution in [3.8, 4) is 17.2 Å². The summed E-state index contributed by atoms with van der Waals surface area (Å²) >= 11 is 5.91. The number of nitrogens with one attached hydrogen (secondary N) is 1. The van der Waals surface area contributed by atoms with Gasteiger partial charge in [0.05, 0.1) is 7.11 Å². The zero-order chi connectivity index (χ0) is 16.4. The number of carbonyl (C=O) groups is 1. The lowest BCUT2D eigenvalue weighted by Crippen LogP contribution is -2.35. The number of aryl methyl sites for hydroxylation is 1. The van der Waals surface area contributed by atoms with E-state index in [4.69, 9.17) is 21.1 Å². The molecule has 0 fully saturated rings. The Balaban J connectivity index is 1.74. The largest absolute Gasteiger partial charge is 0.504 e. The van der Waals surface area contributed by atoms with E-state index in [1.807, 2.05) is 0 Å². The number of amides is 1. The Morgan fingerprint density at radius 3 is 2.96 bits per heavy atom. The molecule has 0 bridgehead atoms. The fraction of sp³-hybridized carbons (Fsp3) is 0.235. The van der Waals surface area contributed by atoms with Crippen LogP contribution in [0.1, 0.15) is 12.0 Å². The van der Waals surface area contributed by atoms with Gasteiger partial charge in [0.1, 0.15) is 5.75 Å². The molecule has 23 heavy (non-hydrogen) atoms. The normalized spacial score (nSPS) is 16.2. The highest BCUT2D eigenvalue weighted by atomic mass is 35.5. The zero-order valence-electron chi connectivity index (χ0n) is 12.5. The van der Waals surface area contributed by atoms with Gasteiger partial charge >= 0.3 is 0 Å². The van der Waals surface area contributed by atoms with Crippen LogP contribution in [0.25, 0.3) is 0 Å². The molecule has 3 rings (SSSR count). The van der Waals surface area contributed by atoms with Crippen molar-refractivity contribution < 1.29 is 19.4 Å². The number of fused-ring (bicyclic) bond motifs is 1. The molecule has 1 heterocycles. The lowest BCUT2D eigenvalue weighted by Gasteiger charge is -2.26. The SMILES string of the molecule is COc1cc2c(cc1O)CCC(C(=O)Nc1cccc(Cl)c1)O2. The number of rotatable bonds is 3. The quantitative estimate of drug-likeness (QED) is 0.903. The smallest absolute Gasteiger partial charge is 0.265 e. The predicted octanol–water partition coefficient (Wildman–Crippen LogP) is 3.39. The van der Waals surface area contributed by atoms with Crippen LogP contribution in [-0.4, -0.2) is 24.2 Å². The monoisotopic (exact) mass is 333 g/mol. The van der Waals surface area contributed by atoms with Gasteiger partial charge in [0.2, 0.25) is 0 Å². The Morgan fingerprint density at radius 1 is 1.39 bits per heavy atom. The van der Waals surface area contributed by atoms with Crippen LogP contribution in [0.5, 0.6) is 17.2 Å². The van der Waals surface area contributed by atoms with Crippen LogP contribution in [0, 0.1) is 0 Å². The molecule has 2 aromatic rings. The van der Waals surface area contributed by atoms with E-state index in [-0.39, 0.29) is 11.7 Å². The number of phenolic OH excluding ortho intramolecular Hbond substituents is 1. The molecule has 6 heteroatoms. The van der Waals surface area contributed by atoms with Crippen LogP contribution in [0.4, 0.5) is 5.69 Å². The number of methoxy groups -OCH3 is 1. The molecule has 120 valence electrons. The van der Waals surface area contributed by atoms with E-state index in [1.54, 1.807) is 36.4 Å². The average molecular weight is 334 g/mol. The Kier molecular flexibility index (Phi) is 4.30. The maximum absolute atomic E-state index is 12.4. The van der Waals surface area contributed by atoms with Gasteiger partial charge in [-0.1, -0.05) is 17.7 Å². The summed E-state index contributed by atoms with van der Waals surface area (Å²) in [5, 5.41) is 13.1. The minimum Gasteiger partial charge on any atom is -0.504 e. The van der Waals surface area contributed by atoms with Gasteiger partial charge in [0.15, 0.2) is 17.6 Å². The second kappa shape index (κ2) is 6.38. The maximum Gasteiger partial charge on any atom is 0.265 e. The summed E-state index contributed by atoms with van der Waals surface area (Å²) < 4.78 is 10.8. The Morgan fingerprint density at radius 2 is 2.22 bits per heavy atom. The Labute approximate surface area is 138 Å². The maximum atomic E-state index is 12.4. The van der Waals surface area contributed by atoms with Crippen LogP contribution in [0.2, 0.25) is 5.02 Å². The number of anilines is 1. The molecule has 0 aliphatic carbocycles. The summed E-state index contributed by atoms with van der Waals surface area (Å²) in [7, 11) is 1.47.